The van der Waals surface area contributed by atoms with Gasteiger partial charge in [0.15, 0.2) is 0 Å². The molecule has 1 heteroatoms. The van der Waals surface area contributed by atoms with E-state index in [0.29, 0.717) is 11.6 Å². The van der Waals surface area contributed by atoms with Crippen LogP contribution in [0.4, 0.5) is 0 Å². The summed E-state index contributed by atoms with van der Waals surface area (Å²) in [6.07, 6.45) is 10.5. The molecule has 0 aliphatic carbocycles. The Bertz CT molecular complexity index is 387. The molecular weight excluding hydrogens is 206 g/mol. The van der Waals surface area contributed by atoms with Crippen LogP contribution in [0.2, 0.25) is 0 Å². The lowest BCUT2D eigenvalue weighted by atomic mass is 10.0. The first kappa shape index (κ1) is 13.3. The largest absolute Gasteiger partial charge is 0.399 e. The molecule has 0 aliphatic heterocycles. The quantitative estimate of drug-likeness (QED) is 0.726. The predicted molar refractivity (Wildman–Crippen MR) is 76.3 cm³/mol. The molecule has 0 bridgehead atoms. The van der Waals surface area contributed by atoms with Crippen molar-refractivity contribution in [3.8, 4) is 0 Å². The predicted octanol–water partition coefficient (Wildman–Crippen LogP) is 4.14. The zero-order valence-corrected chi connectivity index (χ0v) is 10.5. The van der Waals surface area contributed by atoms with Crippen LogP contribution in [0.3, 0.4) is 0 Å². The van der Waals surface area contributed by atoms with Crippen LogP contribution >= 0.6 is 0 Å². The summed E-state index contributed by atoms with van der Waals surface area (Å²) in [6, 6.07) is 10.4. The Morgan fingerprint density at radius 3 is 2.71 bits per heavy atom. The van der Waals surface area contributed by atoms with Crippen LogP contribution in [0.25, 0.3) is 6.08 Å². The number of benzene rings is 1. The van der Waals surface area contributed by atoms with Gasteiger partial charge in [-0.3, -0.25) is 0 Å². The van der Waals surface area contributed by atoms with E-state index in [0.717, 1.165) is 12.8 Å². The minimum atomic E-state index is 0.575. The normalized spacial score (nSPS) is 13.2. The van der Waals surface area contributed by atoms with Crippen LogP contribution in [0.15, 0.2) is 60.8 Å². The van der Waals surface area contributed by atoms with Gasteiger partial charge >= 0.3 is 0 Å². The molecule has 0 saturated carbocycles. The van der Waals surface area contributed by atoms with E-state index in [1.807, 2.05) is 12.1 Å². The molecule has 1 unspecified atom stereocenters. The number of rotatable bonds is 6. The molecule has 0 saturated heterocycles. The van der Waals surface area contributed by atoms with Crippen LogP contribution in [-0.4, -0.2) is 0 Å². The van der Waals surface area contributed by atoms with Crippen molar-refractivity contribution in [2.45, 2.75) is 19.8 Å². The van der Waals surface area contributed by atoms with Gasteiger partial charge in [-0.2, -0.15) is 0 Å². The lowest BCUT2D eigenvalue weighted by molar-refractivity contribution is 0.660. The van der Waals surface area contributed by atoms with Gasteiger partial charge < -0.3 is 5.73 Å². The van der Waals surface area contributed by atoms with Crippen molar-refractivity contribution >= 4 is 6.08 Å². The van der Waals surface area contributed by atoms with Crippen LogP contribution < -0.4 is 5.73 Å². The van der Waals surface area contributed by atoms with E-state index in [-0.39, 0.29) is 0 Å². The molecule has 0 radical (unpaired) electrons. The standard InChI is InChI=1S/C16H21N/c1-14(8-6-7-9-15(2)17)12-13-16-10-4-3-5-11-16/h3-5,7,9-14H,2,6,8,17H2,1H3/b9-7+,13-12+. The van der Waals surface area contributed by atoms with E-state index in [4.69, 9.17) is 5.73 Å². The summed E-state index contributed by atoms with van der Waals surface area (Å²) in [5.41, 5.74) is 7.33. The van der Waals surface area contributed by atoms with Crippen molar-refractivity contribution in [1.29, 1.82) is 0 Å². The summed E-state index contributed by atoms with van der Waals surface area (Å²) in [5.74, 6) is 0.575. The van der Waals surface area contributed by atoms with Gasteiger partial charge in [0.1, 0.15) is 0 Å². The second-order valence-corrected chi connectivity index (χ2v) is 4.30. The SMILES string of the molecule is C=C(N)/C=C/CCC(C)/C=C/c1ccccc1. The molecule has 1 aromatic rings. The monoisotopic (exact) mass is 227 g/mol. The van der Waals surface area contributed by atoms with E-state index in [9.17, 15) is 0 Å². The first-order valence-corrected chi connectivity index (χ1v) is 6.02. The van der Waals surface area contributed by atoms with E-state index in [2.05, 4.69) is 56.0 Å². The maximum atomic E-state index is 5.45. The maximum absolute atomic E-state index is 5.45. The third kappa shape index (κ3) is 6.41. The lowest BCUT2D eigenvalue weighted by Crippen LogP contribution is -1.90. The van der Waals surface area contributed by atoms with Gasteiger partial charge in [-0.15, -0.1) is 0 Å². The molecule has 90 valence electrons. The van der Waals surface area contributed by atoms with Crippen LogP contribution in [0.1, 0.15) is 25.3 Å². The van der Waals surface area contributed by atoms with Gasteiger partial charge in [0.25, 0.3) is 0 Å². The smallest absolute Gasteiger partial charge is 0.0237 e. The van der Waals surface area contributed by atoms with Crippen molar-refractivity contribution < 1.29 is 0 Å². The Morgan fingerprint density at radius 2 is 2.06 bits per heavy atom. The zero-order chi connectivity index (χ0) is 12.5. The molecular formula is C16H21N. The number of hydrogen-bond donors (Lipinski definition) is 1. The Kier molecular flexibility index (Phi) is 5.87. The maximum Gasteiger partial charge on any atom is 0.0237 e. The number of nitrogens with two attached hydrogens (primary N) is 1. The van der Waals surface area contributed by atoms with E-state index in [1.165, 1.54) is 5.56 Å². The Balaban J connectivity index is 2.32. The molecule has 1 nitrogen and oxygen atoms in total. The van der Waals surface area contributed by atoms with Gasteiger partial charge in [0, 0.05) is 5.70 Å². The molecule has 2 N–H and O–H groups in total. The van der Waals surface area contributed by atoms with Gasteiger partial charge in [-0.1, -0.05) is 62.1 Å². The first-order valence-electron chi connectivity index (χ1n) is 6.02. The van der Waals surface area contributed by atoms with Gasteiger partial charge in [-0.05, 0) is 30.4 Å². The summed E-state index contributed by atoms with van der Waals surface area (Å²) < 4.78 is 0. The third-order valence-electron chi connectivity index (χ3n) is 2.54. The van der Waals surface area contributed by atoms with Crippen molar-refractivity contribution in [1.82, 2.24) is 0 Å². The zero-order valence-electron chi connectivity index (χ0n) is 10.5. The van der Waals surface area contributed by atoms with E-state index < -0.39 is 0 Å². The van der Waals surface area contributed by atoms with Crippen LogP contribution in [0, 0.1) is 5.92 Å². The van der Waals surface area contributed by atoms with Crippen molar-refractivity contribution in [3.05, 3.63) is 66.4 Å². The van der Waals surface area contributed by atoms with Crippen LogP contribution in [0.5, 0.6) is 0 Å². The molecule has 0 aliphatic rings. The molecule has 0 fully saturated rings. The summed E-state index contributed by atoms with van der Waals surface area (Å²) >= 11 is 0. The van der Waals surface area contributed by atoms with Crippen molar-refractivity contribution in [3.63, 3.8) is 0 Å². The average Bonchev–Trinajstić information content (AvgIpc) is 2.33. The molecule has 1 atom stereocenters. The molecule has 1 rings (SSSR count). The second-order valence-electron chi connectivity index (χ2n) is 4.30. The average molecular weight is 227 g/mol. The molecule has 0 aromatic heterocycles. The Morgan fingerprint density at radius 1 is 1.35 bits per heavy atom. The topological polar surface area (TPSA) is 26.0 Å². The van der Waals surface area contributed by atoms with Gasteiger partial charge in [0.2, 0.25) is 0 Å². The number of allylic oxidation sites excluding steroid dienone is 3. The van der Waals surface area contributed by atoms with Crippen molar-refractivity contribution in [2.24, 2.45) is 11.7 Å². The molecule has 17 heavy (non-hydrogen) atoms. The summed E-state index contributed by atoms with van der Waals surface area (Å²) in [7, 11) is 0. The molecule has 1 aromatic carbocycles. The fourth-order valence-corrected chi connectivity index (χ4v) is 1.53. The van der Waals surface area contributed by atoms with Gasteiger partial charge in [-0.25, -0.2) is 0 Å². The molecule has 0 spiro atoms. The van der Waals surface area contributed by atoms with Crippen LogP contribution in [-0.2, 0) is 0 Å². The lowest BCUT2D eigenvalue weighted by Gasteiger charge is -2.03. The van der Waals surface area contributed by atoms with E-state index >= 15 is 0 Å². The number of hydrogen-bond acceptors (Lipinski definition) is 1. The fourth-order valence-electron chi connectivity index (χ4n) is 1.53. The van der Waals surface area contributed by atoms with Gasteiger partial charge in [0.05, 0.1) is 0 Å². The summed E-state index contributed by atoms with van der Waals surface area (Å²) in [5, 5.41) is 0. The highest BCUT2D eigenvalue weighted by atomic mass is 14.5. The molecule has 0 heterocycles. The second kappa shape index (κ2) is 7.50. The highest BCUT2D eigenvalue weighted by Crippen LogP contribution is 2.11. The van der Waals surface area contributed by atoms with Crippen molar-refractivity contribution in [2.75, 3.05) is 0 Å². The fraction of sp³-hybridized carbons (Fsp3) is 0.250. The summed E-state index contributed by atoms with van der Waals surface area (Å²) in [4.78, 5) is 0. The Hall–Kier alpha value is -1.76. The Labute approximate surface area is 104 Å². The third-order valence-corrected chi connectivity index (χ3v) is 2.54. The van der Waals surface area contributed by atoms with E-state index in [1.54, 1.807) is 0 Å². The highest BCUT2D eigenvalue weighted by Gasteiger charge is 1.94. The minimum Gasteiger partial charge on any atom is -0.399 e. The summed E-state index contributed by atoms with van der Waals surface area (Å²) in [6.45, 7) is 5.85. The molecule has 0 amide bonds. The minimum absolute atomic E-state index is 0.575. The highest BCUT2D eigenvalue weighted by molar-refractivity contribution is 5.48. The first-order chi connectivity index (χ1) is 8.18.